The van der Waals surface area contributed by atoms with Gasteiger partial charge in [-0.2, -0.15) is 12.8 Å². The maximum Gasteiger partial charge on any atom is 0.282 e. The van der Waals surface area contributed by atoms with E-state index in [2.05, 4.69) is 15.0 Å². The van der Waals surface area contributed by atoms with E-state index < -0.39 is 10.0 Å². The molecule has 1 saturated heterocycles. The lowest BCUT2D eigenvalue weighted by Crippen LogP contribution is -2.31. The second kappa shape index (κ2) is 9.29. The minimum Gasteiger partial charge on any atom is -0.321 e. The van der Waals surface area contributed by atoms with Gasteiger partial charge in [-0.1, -0.05) is 29.8 Å². The molecule has 30 heavy (non-hydrogen) atoms. The summed E-state index contributed by atoms with van der Waals surface area (Å²) in [5.74, 6) is -0.144. The Labute approximate surface area is 182 Å². The number of hydrogen-bond donors (Lipinski definition) is 2. The summed E-state index contributed by atoms with van der Waals surface area (Å²) in [6.07, 6.45) is 1.74. The van der Waals surface area contributed by atoms with Crippen molar-refractivity contribution < 1.29 is 13.2 Å². The summed E-state index contributed by atoms with van der Waals surface area (Å²) < 4.78 is 29.9. The van der Waals surface area contributed by atoms with Crippen LogP contribution in [0.4, 0.5) is 5.69 Å². The van der Waals surface area contributed by atoms with Crippen molar-refractivity contribution in [3.05, 3.63) is 58.1 Å². The number of nitrogens with zero attached hydrogens (tertiary/aromatic N) is 1. The van der Waals surface area contributed by atoms with Crippen LogP contribution in [0, 0.1) is 19.8 Å². The monoisotopic (exact) mass is 447 g/mol. The van der Waals surface area contributed by atoms with Gasteiger partial charge in [0.1, 0.15) is 0 Å². The lowest BCUT2D eigenvalue weighted by molar-refractivity contribution is 0.102. The van der Waals surface area contributed by atoms with Crippen LogP contribution in [0.25, 0.3) is 0 Å². The molecule has 1 aliphatic rings. The van der Waals surface area contributed by atoms with E-state index in [-0.39, 0.29) is 21.7 Å². The molecular weight excluding hydrogens is 422 g/mol. The number of carbonyl (C=O) groups is 1. The van der Waals surface area contributed by atoms with E-state index >= 15 is 0 Å². The first-order valence-electron chi connectivity index (χ1n) is 9.88. The molecule has 1 fully saturated rings. The van der Waals surface area contributed by atoms with Gasteiger partial charge in [0.15, 0.2) is 0 Å². The first-order valence-corrected chi connectivity index (χ1v) is 11.7. The van der Waals surface area contributed by atoms with Gasteiger partial charge < -0.3 is 10.6 Å². The molecule has 0 unspecified atom stereocenters. The summed E-state index contributed by atoms with van der Waals surface area (Å²) in [7, 11) is -3.90. The molecule has 2 aromatic rings. The number of halogens is 1. The maximum absolute atomic E-state index is 12.9. The van der Waals surface area contributed by atoms with Crippen molar-refractivity contribution in [2.24, 2.45) is 10.3 Å². The van der Waals surface area contributed by atoms with E-state index in [1.165, 1.54) is 6.07 Å². The Morgan fingerprint density at radius 1 is 1.13 bits per heavy atom. The number of rotatable bonds is 5. The molecule has 0 spiro atoms. The molecule has 2 N–H and O–H groups in total. The number of aryl methyl sites for hydroxylation is 2. The summed E-state index contributed by atoms with van der Waals surface area (Å²) >= 11 is 6.33. The van der Waals surface area contributed by atoms with Crippen LogP contribution in [-0.2, 0) is 10.0 Å². The van der Waals surface area contributed by atoms with Crippen molar-refractivity contribution in [2.45, 2.75) is 38.5 Å². The van der Waals surface area contributed by atoms with Gasteiger partial charge in [0.05, 0.1) is 15.6 Å². The van der Waals surface area contributed by atoms with Crippen molar-refractivity contribution in [1.82, 2.24) is 5.32 Å². The second-order valence-corrected chi connectivity index (χ2v) is 9.58. The number of anilines is 1. The molecule has 0 aromatic heterocycles. The molecular formula is C22H26ClN3O3S. The van der Waals surface area contributed by atoms with E-state index in [0.717, 1.165) is 31.5 Å². The molecule has 160 valence electrons. The molecule has 0 aliphatic carbocycles. The van der Waals surface area contributed by atoms with Gasteiger partial charge in [0.25, 0.3) is 15.9 Å². The zero-order chi connectivity index (χ0) is 21.9. The minimum absolute atomic E-state index is 0.0506. The van der Waals surface area contributed by atoms with Crippen LogP contribution >= 0.6 is 11.6 Å². The highest BCUT2D eigenvalue weighted by molar-refractivity contribution is 7.90. The molecule has 1 amide bonds. The summed E-state index contributed by atoms with van der Waals surface area (Å²) in [6, 6.07) is 10.1. The maximum atomic E-state index is 12.9. The Hall–Kier alpha value is -2.22. The van der Waals surface area contributed by atoms with Crippen molar-refractivity contribution in [3.8, 4) is 0 Å². The van der Waals surface area contributed by atoms with Crippen LogP contribution in [0.15, 0.2) is 45.7 Å². The van der Waals surface area contributed by atoms with Crippen LogP contribution < -0.4 is 10.6 Å². The number of carbonyl (C=O) groups excluding carboxylic acids is 1. The fourth-order valence-electron chi connectivity index (χ4n) is 3.61. The Balaban J connectivity index is 1.86. The van der Waals surface area contributed by atoms with Crippen LogP contribution in [0.1, 0.15) is 41.3 Å². The van der Waals surface area contributed by atoms with Crippen molar-refractivity contribution in [3.63, 3.8) is 0 Å². The summed E-state index contributed by atoms with van der Waals surface area (Å²) in [6.45, 7) is 7.00. The Morgan fingerprint density at radius 2 is 1.80 bits per heavy atom. The summed E-state index contributed by atoms with van der Waals surface area (Å²) in [5, 5.41) is 6.18. The fraction of sp³-hybridized carbons (Fsp3) is 0.364. The smallest absolute Gasteiger partial charge is 0.282 e. The third-order valence-corrected chi connectivity index (χ3v) is 7.21. The van der Waals surface area contributed by atoms with Gasteiger partial charge in [0.2, 0.25) is 0 Å². The molecule has 1 aliphatic heterocycles. The highest BCUT2D eigenvalue weighted by Gasteiger charge is 2.23. The lowest BCUT2D eigenvalue weighted by atomic mass is 9.94. The molecule has 0 radical (unpaired) electrons. The third-order valence-electron chi connectivity index (χ3n) is 5.37. The zero-order valence-electron chi connectivity index (χ0n) is 17.3. The van der Waals surface area contributed by atoms with E-state index in [9.17, 15) is 13.2 Å². The van der Waals surface area contributed by atoms with E-state index in [1.54, 1.807) is 32.0 Å². The number of amides is 1. The van der Waals surface area contributed by atoms with Crippen molar-refractivity contribution in [1.29, 1.82) is 0 Å². The third kappa shape index (κ3) is 5.09. The zero-order valence-corrected chi connectivity index (χ0v) is 18.9. The van der Waals surface area contributed by atoms with E-state index in [0.29, 0.717) is 22.5 Å². The summed E-state index contributed by atoms with van der Waals surface area (Å²) in [5.41, 5.74) is 2.82. The fourth-order valence-corrected chi connectivity index (χ4v) is 5.24. The normalized spacial score (nSPS) is 15.8. The lowest BCUT2D eigenvalue weighted by Gasteiger charge is -2.22. The Bertz CT molecular complexity index is 1090. The number of sulfonamides is 1. The second-order valence-electron chi connectivity index (χ2n) is 7.60. The molecule has 8 heteroatoms. The summed E-state index contributed by atoms with van der Waals surface area (Å²) in [4.78, 5) is 12.6. The molecule has 6 nitrogen and oxygen atoms in total. The SMILES string of the molecule is C/C(=N/S(=O)(=O)c1cc(Cl)c(NC(=O)c2ccccc2C)cc1C)C1CCNCC1. The predicted molar refractivity (Wildman–Crippen MR) is 121 cm³/mol. The van der Waals surface area contributed by atoms with Crippen LogP contribution in [-0.4, -0.2) is 33.1 Å². The van der Waals surface area contributed by atoms with Gasteiger partial charge >= 0.3 is 0 Å². The molecule has 2 aromatic carbocycles. The predicted octanol–water partition coefficient (Wildman–Crippen LogP) is 4.36. The van der Waals surface area contributed by atoms with Gasteiger partial charge in [-0.3, -0.25) is 4.79 Å². The molecule has 3 rings (SSSR count). The van der Waals surface area contributed by atoms with Crippen LogP contribution in [0.2, 0.25) is 5.02 Å². The molecule has 0 saturated carbocycles. The molecule has 0 atom stereocenters. The molecule has 0 bridgehead atoms. The Morgan fingerprint density at radius 3 is 2.47 bits per heavy atom. The number of nitrogens with one attached hydrogen (secondary N) is 2. The minimum atomic E-state index is -3.90. The highest BCUT2D eigenvalue weighted by Crippen LogP contribution is 2.30. The quantitative estimate of drug-likeness (QED) is 0.666. The average Bonchev–Trinajstić information content (AvgIpc) is 2.71. The standard InChI is InChI=1S/C22H26ClN3O3S/c1-14-6-4-5-7-18(14)22(27)25-20-12-15(2)21(13-19(20)23)30(28,29)26-16(3)17-8-10-24-11-9-17/h4-7,12-13,17,24H,8-11H2,1-3H3,(H,25,27)/b26-16-. The Kier molecular flexibility index (Phi) is 6.95. The van der Waals surface area contributed by atoms with Gasteiger partial charge in [-0.05, 0) is 76.0 Å². The van der Waals surface area contributed by atoms with Gasteiger partial charge in [0, 0.05) is 17.2 Å². The first-order chi connectivity index (χ1) is 14.2. The largest absolute Gasteiger partial charge is 0.321 e. The molecule has 1 heterocycles. The van der Waals surface area contributed by atoms with Crippen molar-refractivity contribution >= 4 is 38.9 Å². The van der Waals surface area contributed by atoms with Crippen molar-refractivity contribution in [2.75, 3.05) is 18.4 Å². The highest BCUT2D eigenvalue weighted by atomic mass is 35.5. The van der Waals surface area contributed by atoms with E-state index in [4.69, 9.17) is 11.6 Å². The van der Waals surface area contributed by atoms with Crippen LogP contribution in [0.5, 0.6) is 0 Å². The number of benzene rings is 2. The van der Waals surface area contributed by atoms with E-state index in [1.807, 2.05) is 19.1 Å². The van der Waals surface area contributed by atoms with Gasteiger partial charge in [-0.15, -0.1) is 0 Å². The topological polar surface area (TPSA) is 87.6 Å². The number of hydrogen-bond acceptors (Lipinski definition) is 4. The first kappa shape index (κ1) is 22.5. The van der Waals surface area contributed by atoms with Gasteiger partial charge in [-0.25, -0.2) is 0 Å². The number of piperidine rings is 1. The average molecular weight is 448 g/mol. The van der Waals surface area contributed by atoms with Crippen LogP contribution in [0.3, 0.4) is 0 Å².